The fourth-order valence-corrected chi connectivity index (χ4v) is 5.22. The number of amidine groups is 1. The lowest BCUT2D eigenvalue weighted by molar-refractivity contribution is -0.118. The van der Waals surface area contributed by atoms with E-state index in [0.29, 0.717) is 35.3 Å². The molecule has 0 radical (unpaired) electrons. The molecular weight excluding hydrogens is 494 g/mol. The van der Waals surface area contributed by atoms with Gasteiger partial charge in [-0.1, -0.05) is 98.3 Å². The summed E-state index contributed by atoms with van der Waals surface area (Å²) in [6.45, 7) is 2.77. The molecule has 1 aliphatic heterocycles. The number of hydrogen-bond donors (Lipinski definition) is 1. The van der Waals surface area contributed by atoms with Gasteiger partial charge in [-0.25, -0.2) is 0 Å². The summed E-state index contributed by atoms with van der Waals surface area (Å²) in [5, 5.41) is 13.2. The van der Waals surface area contributed by atoms with Gasteiger partial charge in [0.1, 0.15) is 12.3 Å². The van der Waals surface area contributed by atoms with E-state index >= 15 is 0 Å². The number of benzene rings is 2. The summed E-state index contributed by atoms with van der Waals surface area (Å²) in [5.41, 5.74) is 7.33. The van der Waals surface area contributed by atoms with Gasteiger partial charge in [-0.05, 0) is 18.4 Å². The molecule has 212 valence electrons. The van der Waals surface area contributed by atoms with Gasteiger partial charge in [0.05, 0.1) is 26.6 Å². The molecule has 3 rings (SSSR count). The third-order valence-corrected chi connectivity index (χ3v) is 7.29. The van der Waals surface area contributed by atoms with Gasteiger partial charge in [-0.15, -0.1) is 0 Å². The van der Waals surface area contributed by atoms with E-state index in [-0.39, 0.29) is 4.59 Å². The highest BCUT2D eigenvalue weighted by atomic mass is 16.5. The second-order valence-electron chi connectivity index (χ2n) is 9.94. The van der Waals surface area contributed by atoms with Crippen LogP contribution in [0.15, 0.2) is 58.0 Å². The lowest BCUT2D eigenvalue weighted by atomic mass is 9.95. The standard InChI is InChI=1S/C30H43N5O4/c1-5-6-7-8-9-10-11-12-13-17-20-35(28-25(38-3)21-24(37-2)22-26(28)39-4)30(32-33-34-35)27(29(31)36)23-18-15-14-16-19-23/h14-16,18-19,21-22,27H,5-13,17,20H2,1-4H3,(H-,31,36)/p+1. The molecule has 9 heteroatoms. The topological polar surface area (TPSA) is 108 Å². The third-order valence-electron chi connectivity index (χ3n) is 7.29. The number of quaternary nitrogens is 1. The first kappa shape index (κ1) is 30.1. The zero-order valence-corrected chi connectivity index (χ0v) is 23.9. The summed E-state index contributed by atoms with van der Waals surface area (Å²) in [5.74, 6) is 0.649. The van der Waals surface area contributed by atoms with Crippen molar-refractivity contribution in [1.29, 1.82) is 0 Å². The molecule has 2 aromatic rings. The first-order valence-corrected chi connectivity index (χ1v) is 14.1. The first-order chi connectivity index (χ1) is 19.0. The number of methoxy groups -OCH3 is 3. The Morgan fingerprint density at radius 1 is 0.846 bits per heavy atom. The van der Waals surface area contributed by atoms with Crippen molar-refractivity contribution in [3.8, 4) is 17.2 Å². The number of unbranched alkanes of at least 4 members (excludes halogenated alkanes) is 9. The van der Waals surface area contributed by atoms with Gasteiger partial charge < -0.3 is 19.9 Å². The van der Waals surface area contributed by atoms with Crippen LogP contribution in [0.2, 0.25) is 0 Å². The van der Waals surface area contributed by atoms with Crippen LogP contribution in [0.5, 0.6) is 17.2 Å². The number of ether oxygens (including phenoxy) is 3. The lowest BCUT2D eigenvalue weighted by Crippen LogP contribution is -2.53. The zero-order chi connectivity index (χ0) is 28.1. The number of primary amides is 1. The highest BCUT2D eigenvalue weighted by Crippen LogP contribution is 2.49. The Morgan fingerprint density at radius 3 is 1.92 bits per heavy atom. The van der Waals surface area contributed by atoms with E-state index in [0.717, 1.165) is 24.8 Å². The van der Waals surface area contributed by atoms with Gasteiger partial charge in [0.2, 0.25) is 5.91 Å². The molecule has 39 heavy (non-hydrogen) atoms. The van der Waals surface area contributed by atoms with E-state index in [1.807, 2.05) is 30.3 Å². The van der Waals surface area contributed by atoms with Gasteiger partial charge in [0.15, 0.2) is 17.4 Å². The molecule has 1 aliphatic rings. The van der Waals surface area contributed by atoms with E-state index in [9.17, 15) is 4.79 Å². The number of rotatable bonds is 18. The second-order valence-corrected chi connectivity index (χ2v) is 9.94. The molecule has 0 fully saturated rings. The predicted molar refractivity (Wildman–Crippen MR) is 155 cm³/mol. The monoisotopic (exact) mass is 538 g/mol. The summed E-state index contributed by atoms with van der Waals surface area (Å²) in [6.07, 6.45) is 12.0. The van der Waals surface area contributed by atoms with Gasteiger partial charge in [-0.3, -0.25) is 4.79 Å². The molecule has 0 bridgehead atoms. The van der Waals surface area contributed by atoms with Crippen LogP contribution in [0.4, 0.5) is 5.69 Å². The van der Waals surface area contributed by atoms with Crippen molar-refractivity contribution in [2.24, 2.45) is 21.3 Å². The van der Waals surface area contributed by atoms with Gasteiger partial charge >= 0.3 is 0 Å². The minimum absolute atomic E-state index is 0.157. The van der Waals surface area contributed by atoms with Crippen LogP contribution in [0.25, 0.3) is 0 Å². The quantitative estimate of drug-likeness (QED) is 0.164. The molecular formula is C30H44N5O4+. The SMILES string of the molecule is CCCCCCCCCCCC[N+]1(c2c(OC)cc(OC)cc2OC)N=NN=C1C(C(N)=O)c1ccccc1. The second kappa shape index (κ2) is 15.2. The molecule has 1 amide bonds. The highest BCUT2D eigenvalue weighted by molar-refractivity contribution is 6.13. The Hall–Kier alpha value is -3.46. The van der Waals surface area contributed by atoms with Crippen LogP contribution in [0, 0.1) is 0 Å². The predicted octanol–water partition coefficient (Wildman–Crippen LogP) is 6.90. The van der Waals surface area contributed by atoms with E-state index in [4.69, 9.17) is 19.9 Å². The fourth-order valence-electron chi connectivity index (χ4n) is 5.22. The van der Waals surface area contributed by atoms with Crippen molar-refractivity contribution in [3.05, 3.63) is 48.0 Å². The van der Waals surface area contributed by atoms with Crippen LogP contribution in [0.1, 0.15) is 82.6 Å². The van der Waals surface area contributed by atoms with Crippen LogP contribution in [-0.2, 0) is 4.79 Å². The average molecular weight is 539 g/mol. The van der Waals surface area contributed by atoms with Crippen molar-refractivity contribution >= 4 is 17.4 Å². The number of hydrogen-bond acceptors (Lipinski definition) is 7. The average Bonchev–Trinajstić information content (AvgIpc) is 3.37. The maximum Gasteiger partial charge on any atom is 0.274 e. The van der Waals surface area contributed by atoms with Gasteiger partial charge in [-0.2, -0.15) is 0 Å². The van der Waals surface area contributed by atoms with Crippen LogP contribution < -0.4 is 24.5 Å². The smallest absolute Gasteiger partial charge is 0.274 e. The Labute approximate surface area is 232 Å². The summed E-state index contributed by atoms with van der Waals surface area (Å²) < 4.78 is 16.9. The van der Waals surface area contributed by atoms with Crippen molar-refractivity contribution in [1.82, 2.24) is 4.59 Å². The van der Waals surface area contributed by atoms with Crippen LogP contribution >= 0.6 is 0 Å². The van der Waals surface area contributed by atoms with Crippen molar-refractivity contribution < 1.29 is 19.0 Å². The van der Waals surface area contributed by atoms with Gasteiger partial charge in [0, 0.05) is 17.4 Å². The van der Waals surface area contributed by atoms with E-state index in [1.165, 1.54) is 44.9 Å². The van der Waals surface area contributed by atoms with Crippen molar-refractivity contribution in [2.45, 2.75) is 77.0 Å². The van der Waals surface area contributed by atoms with E-state index < -0.39 is 11.8 Å². The van der Waals surface area contributed by atoms with E-state index in [1.54, 1.807) is 33.5 Å². The molecule has 0 spiro atoms. The first-order valence-electron chi connectivity index (χ1n) is 14.1. The summed E-state index contributed by atoms with van der Waals surface area (Å²) in [7, 11) is 4.76. The Bertz CT molecular complexity index is 1100. The molecule has 0 aliphatic carbocycles. The molecule has 2 N–H and O–H groups in total. The normalized spacial score (nSPS) is 17.1. The summed E-state index contributed by atoms with van der Waals surface area (Å²) in [4.78, 5) is 12.9. The summed E-state index contributed by atoms with van der Waals surface area (Å²) in [6, 6.07) is 12.9. The molecule has 2 aromatic carbocycles. The molecule has 0 saturated heterocycles. The summed E-state index contributed by atoms with van der Waals surface area (Å²) >= 11 is 0. The molecule has 0 saturated carbocycles. The zero-order valence-electron chi connectivity index (χ0n) is 23.9. The lowest BCUT2D eigenvalue weighted by Gasteiger charge is -2.31. The molecule has 2 atom stereocenters. The Morgan fingerprint density at radius 2 is 1.41 bits per heavy atom. The van der Waals surface area contributed by atoms with E-state index in [2.05, 4.69) is 22.5 Å². The minimum Gasteiger partial charge on any atom is -0.496 e. The number of carbonyl (C=O) groups is 1. The number of nitrogens with zero attached hydrogens (tertiary/aromatic N) is 4. The maximum atomic E-state index is 12.9. The Kier molecular flexibility index (Phi) is 11.7. The minimum atomic E-state index is -0.833. The third kappa shape index (κ3) is 7.35. The van der Waals surface area contributed by atoms with Crippen LogP contribution in [-0.4, -0.2) is 39.6 Å². The number of carbonyl (C=O) groups excluding carboxylic acids is 1. The van der Waals surface area contributed by atoms with Crippen molar-refractivity contribution in [2.75, 3.05) is 27.9 Å². The Balaban J connectivity index is 1.92. The largest absolute Gasteiger partial charge is 0.496 e. The maximum absolute atomic E-state index is 12.9. The van der Waals surface area contributed by atoms with Gasteiger partial charge in [0.25, 0.3) is 11.5 Å². The molecule has 2 unspecified atom stereocenters. The number of nitrogens with two attached hydrogens (primary N) is 1. The van der Waals surface area contributed by atoms with Crippen molar-refractivity contribution in [3.63, 3.8) is 0 Å². The molecule has 1 heterocycles. The molecule has 9 nitrogen and oxygen atoms in total. The highest BCUT2D eigenvalue weighted by Gasteiger charge is 2.52. The number of amides is 1. The van der Waals surface area contributed by atoms with Crippen LogP contribution in [0.3, 0.4) is 0 Å². The molecule has 0 aromatic heterocycles. The fraction of sp³-hybridized carbons (Fsp3) is 0.533.